The van der Waals surface area contributed by atoms with Gasteiger partial charge < -0.3 is 14.4 Å². The van der Waals surface area contributed by atoms with E-state index in [0.29, 0.717) is 12.6 Å². The summed E-state index contributed by atoms with van der Waals surface area (Å²) >= 11 is 0. The molecule has 2 saturated heterocycles. The molecule has 19 heavy (non-hydrogen) atoms. The standard InChI is InChI=1S/C14H26N2O3/c1-4-18-11-14-7-5-9-16(14)12(6-8-14)10-19-13(17)15(2)3/h12H,4-11H2,1-3H3/t12-,14?/m1/s1. The van der Waals surface area contributed by atoms with Gasteiger partial charge in [-0.05, 0) is 39.2 Å². The largest absolute Gasteiger partial charge is 0.448 e. The molecular formula is C14H26N2O3. The van der Waals surface area contributed by atoms with Gasteiger partial charge in [0.15, 0.2) is 0 Å². The molecule has 2 aliphatic heterocycles. The van der Waals surface area contributed by atoms with Gasteiger partial charge in [0.25, 0.3) is 0 Å². The Balaban J connectivity index is 1.89. The van der Waals surface area contributed by atoms with Crippen molar-refractivity contribution in [3.05, 3.63) is 0 Å². The van der Waals surface area contributed by atoms with Crippen molar-refractivity contribution in [2.45, 2.75) is 44.2 Å². The van der Waals surface area contributed by atoms with Gasteiger partial charge in [-0.3, -0.25) is 4.90 Å². The van der Waals surface area contributed by atoms with Crippen LogP contribution in [0.4, 0.5) is 4.79 Å². The molecule has 1 unspecified atom stereocenters. The molecule has 2 atom stereocenters. The Kier molecular flexibility index (Phi) is 4.68. The Hall–Kier alpha value is -0.810. The second-order valence-corrected chi connectivity index (χ2v) is 5.82. The number of carbonyl (C=O) groups is 1. The van der Waals surface area contributed by atoms with Crippen molar-refractivity contribution in [3.8, 4) is 0 Å². The molecule has 0 radical (unpaired) electrons. The van der Waals surface area contributed by atoms with Gasteiger partial charge in [-0.2, -0.15) is 0 Å². The van der Waals surface area contributed by atoms with Gasteiger partial charge in [0, 0.05) is 32.3 Å². The zero-order valence-electron chi connectivity index (χ0n) is 12.4. The third-order valence-corrected chi connectivity index (χ3v) is 4.37. The van der Waals surface area contributed by atoms with Crippen LogP contribution in [0.5, 0.6) is 0 Å². The lowest BCUT2D eigenvalue weighted by molar-refractivity contribution is 0.0154. The molecule has 0 aromatic rings. The molecular weight excluding hydrogens is 244 g/mol. The van der Waals surface area contributed by atoms with E-state index >= 15 is 0 Å². The third-order valence-electron chi connectivity index (χ3n) is 4.37. The van der Waals surface area contributed by atoms with Gasteiger partial charge in [-0.25, -0.2) is 4.79 Å². The molecule has 2 rings (SSSR count). The Labute approximate surface area is 115 Å². The van der Waals surface area contributed by atoms with Crippen molar-refractivity contribution in [1.29, 1.82) is 0 Å². The first-order valence-corrected chi connectivity index (χ1v) is 7.27. The Bertz CT molecular complexity index is 322. The summed E-state index contributed by atoms with van der Waals surface area (Å²) in [7, 11) is 3.43. The fourth-order valence-electron chi connectivity index (χ4n) is 3.38. The number of carbonyl (C=O) groups excluding carboxylic acids is 1. The number of hydrogen-bond donors (Lipinski definition) is 0. The SMILES string of the molecule is CCOCC12CCCN1[C@@H](COC(=O)N(C)C)CC2. The normalized spacial score (nSPS) is 30.4. The molecule has 0 spiro atoms. The first-order chi connectivity index (χ1) is 9.09. The molecule has 2 fully saturated rings. The second kappa shape index (κ2) is 6.09. The lowest BCUT2D eigenvalue weighted by Crippen LogP contribution is -2.47. The summed E-state index contributed by atoms with van der Waals surface area (Å²) in [6.07, 6.45) is 4.46. The summed E-state index contributed by atoms with van der Waals surface area (Å²) in [5.74, 6) is 0. The van der Waals surface area contributed by atoms with E-state index in [1.165, 1.54) is 17.7 Å². The van der Waals surface area contributed by atoms with Crippen molar-refractivity contribution in [2.24, 2.45) is 0 Å². The second-order valence-electron chi connectivity index (χ2n) is 5.82. The van der Waals surface area contributed by atoms with E-state index in [0.717, 1.165) is 32.6 Å². The van der Waals surface area contributed by atoms with E-state index in [1.807, 2.05) is 6.92 Å². The smallest absolute Gasteiger partial charge is 0.409 e. The first-order valence-electron chi connectivity index (χ1n) is 7.27. The molecule has 110 valence electrons. The molecule has 2 heterocycles. The summed E-state index contributed by atoms with van der Waals surface area (Å²) in [5.41, 5.74) is 0.213. The average Bonchev–Trinajstić information content (AvgIpc) is 2.92. The Morgan fingerprint density at radius 3 is 2.89 bits per heavy atom. The average molecular weight is 270 g/mol. The maximum absolute atomic E-state index is 11.5. The van der Waals surface area contributed by atoms with Gasteiger partial charge in [0.05, 0.1) is 6.61 Å². The predicted molar refractivity (Wildman–Crippen MR) is 73.2 cm³/mol. The summed E-state index contributed by atoms with van der Waals surface area (Å²) < 4.78 is 11.0. The van der Waals surface area contributed by atoms with Crippen LogP contribution in [0.1, 0.15) is 32.6 Å². The van der Waals surface area contributed by atoms with Gasteiger partial charge in [0.1, 0.15) is 6.61 Å². The lowest BCUT2D eigenvalue weighted by atomic mass is 9.95. The minimum Gasteiger partial charge on any atom is -0.448 e. The van der Waals surface area contributed by atoms with E-state index in [9.17, 15) is 4.79 Å². The monoisotopic (exact) mass is 270 g/mol. The highest BCUT2D eigenvalue weighted by Gasteiger charge is 2.49. The highest BCUT2D eigenvalue weighted by Crippen LogP contribution is 2.42. The van der Waals surface area contributed by atoms with Crippen molar-refractivity contribution in [1.82, 2.24) is 9.80 Å². The molecule has 2 aliphatic rings. The molecule has 0 N–H and O–H groups in total. The van der Waals surface area contributed by atoms with Gasteiger partial charge >= 0.3 is 6.09 Å². The van der Waals surface area contributed by atoms with E-state index in [-0.39, 0.29) is 11.6 Å². The van der Waals surface area contributed by atoms with Crippen LogP contribution in [0.2, 0.25) is 0 Å². The van der Waals surface area contributed by atoms with E-state index in [1.54, 1.807) is 14.1 Å². The van der Waals surface area contributed by atoms with Crippen molar-refractivity contribution in [2.75, 3.05) is 40.5 Å². The number of amides is 1. The fourth-order valence-corrected chi connectivity index (χ4v) is 3.38. The molecule has 5 heteroatoms. The van der Waals surface area contributed by atoms with Crippen LogP contribution >= 0.6 is 0 Å². The number of ether oxygens (including phenoxy) is 2. The Morgan fingerprint density at radius 2 is 2.21 bits per heavy atom. The van der Waals surface area contributed by atoms with Crippen LogP contribution in [0.3, 0.4) is 0 Å². The lowest BCUT2D eigenvalue weighted by Gasteiger charge is -2.34. The number of hydrogen-bond acceptors (Lipinski definition) is 4. The van der Waals surface area contributed by atoms with E-state index in [2.05, 4.69) is 4.90 Å². The Morgan fingerprint density at radius 1 is 1.42 bits per heavy atom. The summed E-state index contributed by atoms with van der Waals surface area (Å²) in [4.78, 5) is 15.5. The third kappa shape index (κ3) is 3.03. The number of nitrogens with zero attached hydrogens (tertiary/aromatic N) is 2. The number of fused-ring (bicyclic) bond motifs is 1. The predicted octanol–water partition coefficient (Wildman–Crippen LogP) is 1.72. The van der Waals surface area contributed by atoms with Gasteiger partial charge in [-0.15, -0.1) is 0 Å². The van der Waals surface area contributed by atoms with E-state index in [4.69, 9.17) is 9.47 Å². The molecule has 0 aliphatic carbocycles. The molecule has 0 aromatic heterocycles. The highest BCUT2D eigenvalue weighted by atomic mass is 16.6. The minimum atomic E-state index is -0.249. The van der Waals surface area contributed by atoms with Crippen molar-refractivity contribution >= 4 is 6.09 Å². The molecule has 1 amide bonds. The van der Waals surface area contributed by atoms with Crippen LogP contribution < -0.4 is 0 Å². The van der Waals surface area contributed by atoms with Crippen molar-refractivity contribution in [3.63, 3.8) is 0 Å². The topological polar surface area (TPSA) is 42.0 Å². The quantitative estimate of drug-likeness (QED) is 0.763. The molecule has 0 aromatic carbocycles. The zero-order chi connectivity index (χ0) is 13.9. The van der Waals surface area contributed by atoms with Crippen LogP contribution in [0.25, 0.3) is 0 Å². The van der Waals surface area contributed by atoms with Crippen LogP contribution in [-0.2, 0) is 9.47 Å². The maximum Gasteiger partial charge on any atom is 0.409 e. The number of rotatable bonds is 5. The van der Waals surface area contributed by atoms with Crippen LogP contribution in [0, 0.1) is 0 Å². The first kappa shape index (κ1) is 14.6. The summed E-state index contributed by atoms with van der Waals surface area (Å²) in [6.45, 7) is 5.25. The molecule has 5 nitrogen and oxygen atoms in total. The van der Waals surface area contributed by atoms with Crippen LogP contribution in [-0.4, -0.2) is 67.9 Å². The minimum absolute atomic E-state index is 0.213. The summed E-state index contributed by atoms with van der Waals surface area (Å²) in [5, 5.41) is 0. The van der Waals surface area contributed by atoms with Crippen molar-refractivity contribution < 1.29 is 14.3 Å². The maximum atomic E-state index is 11.5. The fraction of sp³-hybridized carbons (Fsp3) is 0.929. The van der Waals surface area contributed by atoms with Crippen LogP contribution in [0.15, 0.2) is 0 Å². The molecule has 0 saturated carbocycles. The highest BCUT2D eigenvalue weighted by molar-refractivity contribution is 5.66. The zero-order valence-corrected chi connectivity index (χ0v) is 12.4. The molecule has 0 bridgehead atoms. The van der Waals surface area contributed by atoms with Gasteiger partial charge in [-0.1, -0.05) is 0 Å². The summed E-state index contributed by atoms with van der Waals surface area (Å²) in [6, 6.07) is 0.367. The van der Waals surface area contributed by atoms with Gasteiger partial charge in [0.2, 0.25) is 0 Å². The van der Waals surface area contributed by atoms with E-state index < -0.39 is 0 Å².